The van der Waals surface area contributed by atoms with Crippen LogP contribution in [-0.4, -0.2) is 36.3 Å². The van der Waals surface area contributed by atoms with Crippen LogP contribution in [-0.2, 0) is 7.05 Å². The second-order valence-electron chi connectivity index (χ2n) is 7.89. The van der Waals surface area contributed by atoms with Gasteiger partial charge in [0.25, 0.3) is 0 Å². The molecule has 0 aromatic carbocycles. The van der Waals surface area contributed by atoms with Crippen LogP contribution in [0.1, 0.15) is 25.8 Å². The SMILES string of the molecule is C=C\C=C/C(=C\C=C\C)C(/C(C=NC)=C/C=C\C)=C(/c1ccn(C)c1)C1CC=CN(C)C1. The van der Waals surface area contributed by atoms with Gasteiger partial charge in [-0.2, -0.15) is 0 Å². The third-order valence-corrected chi connectivity index (χ3v) is 5.30. The molecule has 168 valence electrons. The summed E-state index contributed by atoms with van der Waals surface area (Å²) >= 11 is 0. The zero-order valence-corrected chi connectivity index (χ0v) is 20.2. The molecule has 2 rings (SSSR count). The molecule has 0 aliphatic carbocycles. The van der Waals surface area contributed by atoms with Gasteiger partial charge in [-0.3, -0.25) is 4.99 Å². The Labute approximate surface area is 194 Å². The van der Waals surface area contributed by atoms with Gasteiger partial charge >= 0.3 is 0 Å². The van der Waals surface area contributed by atoms with Gasteiger partial charge in [-0.05, 0) is 54.8 Å². The second-order valence-corrected chi connectivity index (χ2v) is 7.89. The van der Waals surface area contributed by atoms with Gasteiger partial charge in [0.05, 0.1) is 0 Å². The summed E-state index contributed by atoms with van der Waals surface area (Å²) < 4.78 is 2.12. The number of rotatable bonds is 9. The molecule has 1 atom stereocenters. The Balaban J connectivity index is 2.97. The monoisotopic (exact) mass is 427 g/mol. The largest absolute Gasteiger partial charge is 0.380 e. The summed E-state index contributed by atoms with van der Waals surface area (Å²) in [6.07, 6.45) is 30.3. The van der Waals surface area contributed by atoms with Crippen molar-refractivity contribution in [1.82, 2.24) is 9.47 Å². The van der Waals surface area contributed by atoms with Crippen molar-refractivity contribution in [3.05, 3.63) is 114 Å². The first kappa shape index (κ1) is 24.9. The van der Waals surface area contributed by atoms with E-state index in [0.717, 1.165) is 24.1 Å². The second kappa shape index (κ2) is 13.2. The number of allylic oxidation sites excluding steroid dienone is 13. The molecule has 0 radical (unpaired) electrons. The molecule has 0 fully saturated rings. The van der Waals surface area contributed by atoms with Crippen LogP contribution in [0.2, 0.25) is 0 Å². The lowest BCUT2D eigenvalue weighted by molar-refractivity contribution is 0.380. The molecule has 1 aliphatic rings. The lowest BCUT2D eigenvalue weighted by atomic mass is 9.80. The number of aryl methyl sites for hydroxylation is 1. The van der Waals surface area contributed by atoms with Crippen molar-refractivity contribution in [3.8, 4) is 0 Å². The third kappa shape index (κ3) is 6.84. The molecule has 0 spiro atoms. The number of aromatic nitrogens is 1. The average molecular weight is 428 g/mol. The average Bonchev–Trinajstić information content (AvgIpc) is 3.21. The maximum atomic E-state index is 4.41. The highest BCUT2D eigenvalue weighted by atomic mass is 15.1. The summed E-state index contributed by atoms with van der Waals surface area (Å²) in [6.45, 7) is 8.93. The topological polar surface area (TPSA) is 20.5 Å². The van der Waals surface area contributed by atoms with E-state index in [2.05, 4.69) is 108 Å². The van der Waals surface area contributed by atoms with Crippen LogP contribution in [0.5, 0.6) is 0 Å². The van der Waals surface area contributed by atoms with Gasteiger partial charge in [0.15, 0.2) is 0 Å². The molecule has 1 aromatic heterocycles. The number of aliphatic imine (C=N–C) groups is 1. The van der Waals surface area contributed by atoms with Crippen LogP contribution in [0, 0.1) is 5.92 Å². The van der Waals surface area contributed by atoms with E-state index in [4.69, 9.17) is 0 Å². The summed E-state index contributed by atoms with van der Waals surface area (Å²) in [5.41, 5.74) is 6.00. The molecular formula is C29H37N3. The molecule has 0 saturated carbocycles. The molecule has 0 bridgehead atoms. The van der Waals surface area contributed by atoms with Crippen LogP contribution >= 0.6 is 0 Å². The van der Waals surface area contributed by atoms with Crippen LogP contribution in [0.25, 0.3) is 5.57 Å². The van der Waals surface area contributed by atoms with Gasteiger partial charge in [-0.1, -0.05) is 67.3 Å². The molecular weight excluding hydrogens is 390 g/mol. The van der Waals surface area contributed by atoms with E-state index in [9.17, 15) is 0 Å². The Bertz CT molecular complexity index is 1000. The molecule has 2 heterocycles. The van der Waals surface area contributed by atoms with Crippen LogP contribution in [0.15, 0.2) is 114 Å². The summed E-state index contributed by atoms with van der Waals surface area (Å²) in [7, 11) is 6.05. The van der Waals surface area contributed by atoms with Crippen molar-refractivity contribution in [2.24, 2.45) is 18.0 Å². The highest BCUT2D eigenvalue weighted by molar-refractivity contribution is 5.94. The fourth-order valence-corrected chi connectivity index (χ4v) is 3.95. The Morgan fingerprint density at radius 1 is 1.09 bits per heavy atom. The zero-order chi connectivity index (χ0) is 23.3. The smallest absolute Gasteiger partial charge is 0.0287 e. The lowest BCUT2D eigenvalue weighted by Crippen LogP contribution is -2.26. The van der Waals surface area contributed by atoms with Crippen LogP contribution in [0.4, 0.5) is 0 Å². The molecule has 3 heteroatoms. The molecule has 1 unspecified atom stereocenters. The Hall–Kier alpha value is -3.33. The van der Waals surface area contributed by atoms with Crippen molar-refractivity contribution >= 4 is 11.8 Å². The molecule has 0 N–H and O–H groups in total. The first-order chi connectivity index (χ1) is 15.5. The van der Waals surface area contributed by atoms with E-state index in [1.165, 1.54) is 16.7 Å². The Morgan fingerprint density at radius 3 is 2.38 bits per heavy atom. The highest BCUT2D eigenvalue weighted by Gasteiger charge is 2.25. The van der Waals surface area contributed by atoms with Gasteiger partial charge in [0.2, 0.25) is 0 Å². The van der Waals surface area contributed by atoms with E-state index in [1.807, 2.05) is 39.3 Å². The molecule has 0 amide bonds. The minimum absolute atomic E-state index is 0.354. The van der Waals surface area contributed by atoms with Crippen molar-refractivity contribution in [1.29, 1.82) is 0 Å². The minimum atomic E-state index is 0.354. The van der Waals surface area contributed by atoms with Crippen LogP contribution in [0.3, 0.4) is 0 Å². The van der Waals surface area contributed by atoms with Gasteiger partial charge in [-0.25, -0.2) is 0 Å². The molecule has 1 aliphatic heterocycles. The van der Waals surface area contributed by atoms with Gasteiger partial charge in [0.1, 0.15) is 0 Å². The number of hydrogen-bond donors (Lipinski definition) is 0. The first-order valence-electron chi connectivity index (χ1n) is 11.2. The Kier molecular flexibility index (Phi) is 10.3. The van der Waals surface area contributed by atoms with E-state index >= 15 is 0 Å². The van der Waals surface area contributed by atoms with Crippen molar-refractivity contribution in [3.63, 3.8) is 0 Å². The van der Waals surface area contributed by atoms with Gasteiger partial charge < -0.3 is 9.47 Å². The van der Waals surface area contributed by atoms with Gasteiger partial charge in [0, 0.05) is 57.8 Å². The molecule has 3 nitrogen and oxygen atoms in total. The quantitative estimate of drug-likeness (QED) is 0.317. The number of hydrogen-bond acceptors (Lipinski definition) is 2. The fraction of sp³-hybridized carbons (Fsp3) is 0.276. The lowest BCUT2D eigenvalue weighted by Gasteiger charge is -2.31. The first-order valence-corrected chi connectivity index (χ1v) is 11.2. The van der Waals surface area contributed by atoms with Crippen molar-refractivity contribution in [2.45, 2.75) is 20.3 Å². The van der Waals surface area contributed by atoms with Crippen molar-refractivity contribution in [2.75, 3.05) is 20.6 Å². The van der Waals surface area contributed by atoms with Gasteiger partial charge in [-0.15, -0.1) is 0 Å². The summed E-state index contributed by atoms with van der Waals surface area (Å²) in [4.78, 5) is 6.68. The van der Waals surface area contributed by atoms with Crippen molar-refractivity contribution < 1.29 is 0 Å². The van der Waals surface area contributed by atoms with Crippen LogP contribution < -0.4 is 0 Å². The maximum Gasteiger partial charge on any atom is 0.0287 e. The normalized spacial score (nSPS) is 19.2. The fourth-order valence-electron chi connectivity index (χ4n) is 3.95. The molecule has 32 heavy (non-hydrogen) atoms. The number of nitrogens with zero attached hydrogens (tertiary/aromatic N) is 3. The zero-order valence-electron chi connectivity index (χ0n) is 20.2. The summed E-state index contributed by atoms with van der Waals surface area (Å²) in [5.74, 6) is 0.354. The third-order valence-electron chi connectivity index (χ3n) is 5.30. The molecule has 0 saturated heterocycles. The molecule has 1 aromatic rings. The minimum Gasteiger partial charge on any atom is -0.380 e. The standard InChI is InChI=1S/C29H37N3/c1-7-10-14-24(15-11-8-2)28(25(21-30-4)16-12-9-3)29(27-18-20-32(6)23-27)26-17-13-19-31(5)22-26/h7-16,18-21,23,26H,1,17,22H2,2-6H3/b11-8+,12-9-,14-10-,24-15+,25-16+,29-28-,30-21?. The Morgan fingerprint density at radius 2 is 1.81 bits per heavy atom. The van der Waals surface area contributed by atoms with E-state index in [0.29, 0.717) is 5.92 Å². The summed E-state index contributed by atoms with van der Waals surface area (Å²) in [6, 6.07) is 2.22. The van der Waals surface area contributed by atoms with E-state index in [-0.39, 0.29) is 0 Å². The van der Waals surface area contributed by atoms with E-state index in [1.54, 1.807) is 0 Å². The predicted molar refractivity (Wildman–Crippen MR) is 142 cm³/mol. The van der Waals surface area contributed by atoms with E-state index < -0.39 is 0 Å². The highest BCUT2D eigenvalue weighted by Crippen LogP contribution is 2.38. The predicted octanol–water partition coefficient (Wildman–Crippen LogP) is 6.69. The summed E-state index contributed by atoms with van der Waals surface area (Å²) in [5, 5.41) is 0. The maximum absolute atomic E-state index is 4.41.